The van der Waals surface area contributed by atoms with Gasteiger partial charge in [0.1, 0.15) is 0 Å². The smallest absolute Gasteiger partial charge is 0.248 e. The largest absolute Gasteiger partial charge is 0.325 e. The van der Waals surface area contributed by atoms with E-state index in [4.69, 9.17) is 0 Å². The molecular formula is C21H22N2O2. The van der Waals surface area contributed by atoms with E-state index in [0.717, 1.165) is 28.8 Å². The Morgan fingerprint density at radius 1 is 1.16 bits per heavy atom. The number of hydrogen-bond donors (Lipinski definition) is 2. The summed E-state index contributed by atoms with van der Waals surface area (Å²) in [7, 11) is 0. The quantitative estimate of drug-likeness (QED) is 0.817. The SMILES string of the molecule is CC/C(=C\C(=O)Nc1ccc2c(c1)C(C)(C)C(=O)N2)c1ccccc1. The van der Waals surface area contributed by atoms with E-state index in [2.05, 4.69) is 10.6 Å². The fraction of sp³-hybridized carbons (Fsp3) is 0.238. The molecule has 2 aromatic carbocycles. The number of carbonyl (C=O) groups excluding carboxylic acids is 2. The van der Waals surface area contributed by atoms with Crippen LogP contribution in [0, 0.1) is 0 Å². The Morgan fingerprint density at radius 3 is 2.56 bits per heavy atom. The van der Waals surface area contributed by atoms with Gasteiger partial charge in [-0.3, -0.25) is 9.59 Å². The minimum absolute atomic E-state index is 0.0248. The van der Waals surface area contributed by atoms with Gasteiger partial charge < -0.3 is 10.6 Å². The number of anilines is 2. The second kappa shape index (κ2) is 6.55. The molecule has 0 aromatic heterocycles. The number of hydrogen-bond acceptors (Lipinski definition) is 2. The topological polar surface area (TPSA) is 58.2 Å². The van der Waals surface area contributed by atoms with Gasteiger partial charge in [0.25, 0.3) is 0 Å². The van der Waals surface area contributed by atoms with Crippen molar-refractivity contribution >= 4 is 28.8 Å². The Morgan fingerprint density at radius 2 is 1.88 bits per heavy atom. The van der Waals surface area contributed by atoms with E-state index >= 15 is 0 Å². The zero-order valence-electron chi connectivity index (χ0n) is 14.7. The van der Waals surface area contributed by atoms with Crippen molar-refractivity contribution in [2.75, 3.05) is 10.6 Å². The summed E-state index contributed by atoms with van der Waals surface area (Å²) in [6, 6.07) is 15.4. The summed E-state index contributed by atoms with van der Waals surface area (Å²) < 4.78 is 0. The Bertz CT molecular complexity index is 851. The molecule has 0 radical (unpaired) electrons. The van der Waals surface area contributed by atoms with Crippen molar-refractivity contribution in [1.82, 2.24) is 0 Å². The second-order valence-corrected chi connectivity index (χ2v) is 6.72. The lowest BCUT2D eigenvalue weighted by atomic mass is 9.86. The van der Waals surface area contributed by atoms with Crippen LogP contribution in [-0.4, -0.2) is 11.8 Å². The van der Waals surface area contributed by atoms with Crippen molar-refractivity contribution in [2.24, 2.45) is 0 Å². The van der Waals surface area contributed by atoms with Crippen LogP contribution < -0.4 is 10.6 Å². The molecular weight excluding hydrogens is 312 g/mol. The van der Waals surface area contributed by atoms with E-state index in [1.165, 1.54) is 0 Å². The van der Waals surface area contributed by atoms with Crippen LogP contribution in [0.3, 0.4) is 0 Å². The molecule has 1 aliphatic rings. The van der Waals surface area contributed by atoms with Crippen LogP contribution >= 0.6 is 0 Å². The first-order valence-corrected chi connectivity index (χ1v) is 8.44. The molecule has 3 rings (SSSR count). The zero-order chi connectivity index (χ0) is 18.0. The zero-order valence-corrected chi connectivity index (χ0v) is 14.7. The highest BCUT2D eigenvalue weighted by molar-refractivity contribution is 6.07. The molecule has 2 N–H and O–H groups in total. The Labute approximate surface area is 148 Å². The summed E-state index contributed by atoms with van der Waals surface area (Å²) in [4.78, 5) is 24.4. The van der Waals surface area contributed by atoms with E-state index in [1.54, 1.807) is 12.1 Å². The van der Waals surface area contributed by atoms with E-state index in [0.29, 0.717) is 5.69 Å². The average Bonchev–Trinajstić information content (AvgIpc) is 2.83. The molecule has 2 aromatic rings. The van der Waals surface area contributed by atoms with Gasteiger partial charge in [-0.25, -0.2) is 0 Å². The number of benzene rings is 2. The standard InChI is InChI=1S/C21H22N2O2/c1-4-14(15-8-6-5-7-9-15)12-19(24)22-16-10-11-18-17(13-16)21(2,3)20(25)23-18/h5-13H,4H2,1-3H3,(H,22,24)(H,23,25)/b14-12+. The van der Waals surface area contributed by atoms with Crippen molar-refractivity contribution in [3.63, 3.8) is 0 Å². The van der Waals surface area contributed by atoms with Crippen molar-refractivity contribution in [3.05, 3.63) is 65.7 Å². The summed E-state index contributed by atoms with van der Waals surface area (Å²) in [6.07, 6.45) is 2.41. The van der Waals surface area contributed by atoms with E-state index in [9.17, 15) is 9.59 Å². The van der Waals surface area contributed by atoms with Crippen LogP contribution in [-0.2, 0) is 15.0 Å². The number of allylic oxidation sites excluding steroid dienone is 1. The van der Waals surface area contributed by atoms with Gasteiger partial charge >= 0.3 is 0 Å². The number of fused-ring (bicyclic) bond motifs is 1. The number of nitrogens with one attached hydrogen (secondary N) is 2. The Balaban J connectivity index is 1.82. The molecule has 4 heteroatoms. The van der Waals surface area contributed by atoms with Crippen LogP contribution in [0.2, 0.25) is 0 Å². The molecule has 0 unspecified atom stereocenters. The third-order valence-electron chi connectivity index (χ3n) is 4.61. The van der Waals surface area contributed by atoms with Crippen LogP contribution in [0.15, 0.2) is 54.6 Å². The Hall–Kier alpha value is -2.88. The van der Waals surface area contributed by atoms with Gasteiger partial charge in [0.05, 0.1) is 5.41 Å². The molecule has 0 bridgehead atoms. The number of carbonyl (C=O) groups is 2. The predicted molar refractivity (Wildman–Crippen MR) is 101 cm³/mol. The minimum Gasteiger partial charge on any atom is -0.325 e. The molecule has 0 aliphatic carbocycles. The van der Waals surface area contributed by atoms with Crippen LogP contribution in [0.25, 0.3) is 5.57 Å². The average molecular weight is 334 g/mol. The second-order valence-electron chi connectivity index (χ2n) is 6.72. The maximum Gasteiger partial charge on any atom is 0.248 e. The fourth-order valence-corrected chi connectivity index (χ4v) is 3.03. The van der Waals surface area contributed by atoms with Crippen molar-refractivity contribution in [3.8, 4) is 0 Å². The molecule has 0 spiro atoms. The normalized spacial score (nSPS) is 15.5. The lowest BCUT2D eigenvalue weighted by molar-refractivity contribution is -0.119. The first-order chi connectivity index (χ1) is 11.9. The first kappa shape index (κ1) is 17.0. The number of amides is 2. The summed E-state index contributed by atoms with van der Waals surface area (Å²) >= 11 is 0. The van der Waals surface area contributed by atoms with Gasteiger partial charge in [0.2, 0.25) is 11.8 Å². The highest BCUT2D eigenvalue weighted by Gasteiger charge is 2.38. The third kappa shape index (κ3) is 3.33. The monoisotopic (exact) mass is 334 g/mol. The lowest BCUT2D eigenvalue weighted by Gasteiger charge is -2.16. The summed E-state index contributed by atoms with van der Waals surface area (Å²) in [5.41, 5.74) is 3.83. The molecule has 1 heterocycles. The van der Waals surface area contributed by atoms with Gasteiger partial charge in [0, 0.05) is 17.5 Å². The highest BCUT2D eigenvalue weighted by Crippen LogP contribution is 2.38. The van der Waals surface area contributed by atoms with Crippen LogP contribution in [0.1, 0.15) is 38.3 Å². The molecule has 0 saturated carbocycles. The van der Waals surface area contributed by atoms with Gasteiger partial charge in [-0.05, 0) is 55.2 Å². The van der Waals surface area contributed by atoms with Crippen molar-refractivity contribution < 1.29 is 9.59 Å². The molecule has 1 aliphatic heterocycles. The van der Waals surface area contributed by atoms with Gasteiger partial charge in [-0.15, -0.1) is 0 Å². The maximum absolute atomic E-state index is 12.4. The van der Waals surface area contributed by atoms with Gasteiger partial charge in [0.15, 0.2) is 0 Å². The van der Waals surface area contributed by atoms with Crippen molar-refractivity contribution in [2.45, 2.75) is 32.6 Å². The predicted octanol–water partition coefficient (Wildman–Crippen LogP) is 4.35. The van der Waals surface area contributed by atoms with E-state index < -0.39 is 5.41 Å². The number of rotatable bonds is 4. The lowest BCUT2D eigenvalue weighted by Crippen LogP contribution is -2.26. The fourth-order valence-electron chi connectivity index (χ4n) is 3.03. The summed E-state index contributed by atoms with van der Waals surface area (Å²) in [5, 5.41) is 5.77. The maximum atomic E-state index is 12.4. The molecule has 128 valence electrons. The molecule has 25 heavy (non-hydrogen) atoms. The Kier molecular flexibility index (Phi) is 4.45. The first-order valence-electron chi connectivity index (χ1n) is 8.44. The van der Waals surface area contributed by atoms with Gasteiger partial charge in [-0.1, -0.05) is 37.3 Å². The van der Waals surface area contributed by atoms with E-state index in [1.807, 2.05) is 63.2 Å². The van der Waals surface area contributed by atoms with Gasteiger partial charge in [-0.2, -0.15) is 0 Å². The third-order valence-corrected chi connectivity index (χ3v) is 4.61. The molecule has 4 nitrogen and oxygen atoms in total. The summed E-state index contributed by atoms with van der Waals surface area (Å²) in [5.74, 6) is -0.195. The van der Waals surface area contributed by atoms with Crippen LogP contribution in [0.4, 0.5) is 11.4 Å². The highest BCUT2D eigenvalue weighted by atomic mass is 16.2. The minimum atomic E-state index is -0.593. The van der Waals surface area contributed by atoms with E-state index in [-0.39, 0.29) is 11.8 Å². The van der Waals surface area contributed by atoms with Crippen molar-refractivity contribution in [1.29, 1.82) is 0 Å². The molecule has 0 fully saturated rings. The summed E-state index contributed by atoms with van der Waals surface area (Å²) in [6.45, 7) is 5.79. The van der Waals surface area contributed by atoms with Crippen LogP contribution in [0.5, 0.6) is 0 Å². The molecule has 0 atom stereocenters. The molecule has 2 amide bonds. The molecule has 0 saturated heterocycles.